The van der Waals surface area contributed by atoms with Gasteiger partial charge in [0.15, 0.2) is 0 Å². The molecule has 0 spiro atoms. The molecule has 1 heteroatoms. The highest BCUT2D eigenvalue weighted by molar-refractivity contribution is 5.55. The van der Waals surface area contributed by atoms with E-state index >= 15 is 0 Å². The molecule has 0 heterocycles. The highest BCUT2D eigenvalue weighted by Crippen LogP contribution is 2.15. The van der Waals surface area contributed by atoms with Crippen LogP contribution >= 0.6 is 0 Å². The van der Waals surface area contributed by atoms with Gasteiger partial charge in [-0.05, 0) is 38.5 Å². The van der Waals surface area contributed by atoms with Crippen molar-refractivity contribution in [1.29, 1.82) is 0 Å². The highest BCUT2D eigenvalue weighted by atomic mass is 15.1. The van der Waals surface area contributed by atoms with Gasteiger partial charge >= 0.3 is 0 Å². The van der Waals surface area contributed by atoms with Gasteiger partial charge in [-0.15, -0.1) is 0 Å². The monoisotopic (exact) mass is 189 g/mol. The molecule has 14 heavy (non-hydrogen) atoms. The summed E-state index contributed by atoms with van der Waals surface area (Å²) in [6.45, 7) is 8.55. The molecule has 0 aliphatic rings. The summed E-state index contributed by atoms with van der Waals surface area (Å²) in [6.07, 6.45) is 4.18. The third-order valence-corrected chi connectivity index (χ3v) is 2.38. The van der Waals surface area contributed by atoms with E-state index < -0.39 is 0 Å². The lowest BCUT2D eigenvalue weighted by atomic mass is 10.2. The number of benzene rings is 1. The SMILES string of the molecule is CC=Cc1ccc(N(CC)CC)cc1. The molecule has 0 radical (unpaired) electrons. The van der Waals surface area contributed by atoms with Crippen molar-refractivity contribution in [3.63, 3.8) is 0 Å². The summed E-state index contributed by atoms with van der Waals surface area (Å²) in [4.78, 5) is 2.35. The molecule has 1 aromatic carbocycles. The van der Waals surface area contributed by atoms with Crippen LogP contribution in [0.4, 0.5) is 5.69 Å². The van der Waals surface area contributed by atoms with E-state index in [0.717, 1.165) is 13.1 Å². The molecule has 0 saturated carbocycles. The number of allylic oxidation sites excluding steroid dienone is 1. The number of nitrogens with zero attached hydrogens (tertiary/aromatic N) is 1. The molecule has 0 unspecified atom stereocenters. The van der Waals surface area contributed by atoms with E-state index in [1.165, 1.54) is 11.3 Å². The minimum absolute atomic E-state index is 1.07. The summed E-state index contributed by atoms with van der Waals surface area (Å²) in [5.41, 5.74) is 2.58. The summed E-state index contributed by atoms with van der Waals surface area (Å²) in [5.74, 6) is 0. The summed E-state index contributed by atoms with van der Waals surface area (Å²) < 4.78 is 0. The predicted molar refractivity (Wildman–Crippen MR) is 64.7 cm³/mol. The molecule has 0 aromatic heterocycles. The Morgan fingerprint density at radius 2 is 1.64 bits per heavy atom. The second-order valence-electron chi connectivity index (χ2n) is 3.26. The quantitative estimate of drug-likeness (QED) is 0.700. The Bertz CT molecular complexity index is 281. The average molecular weight is 189 g/mol. The lowest BCUT2D eigenvalue weighted by Gasteiger charge is -2.20. The molecule has 0 fully saturated rings. The van der Waals surface area contributed by atoms with Crippen LogP contribution in [0.2, 0.25) is 0 Å². The predicted octanol–water partition coefficient (Wildman–Crippen LogP) is 3.57. The average Bonchev–Trinajstić information content (AvgIpc) is 2.23. The molecule has 0 aliphatic carbocycles. The maximum atomic E-state index is 2.35. The molecule has 0 saturated heterocycles. The number of hydrogen-bond acceptors (Lipinski definition) is 1. The molecular weight excluding hydrogens is 170 g/mol. The Balaban J connectivity index is 2.81. The standard InChI is InChI=1S/C13H19N/c1-4-7-12-8-10-13(11-9-12)14(5-2)6-3/h4,7-11H,5-6H2,1-3H3. The topological polar surface area (TPSA) is 3.24 Å². The van der Waals surface area contributed by atoms with Crippen LogP contribution in [0.5, 0.6) is 0 Å². The molecule has 1 nitrogen and oxygen atoms in total. The van der Waals surface area contributed by atoms with Gasteiger partial charge in [-0.2, -0.15) is 0 Å². The number of anilines is 1. The van der Waals surface area contributed by atoms with E-state index in [0.29, 0.717) is 0 Å². The second kappa shape index (κ2) is 5.48. The van der Waals surface area contributed by atoms with Crippen molar-refractivity contribution in [3.05, 3.63) is 35.9 Å². The van der Waals surface area contributed by atoms with Crippen molar-refractivity contribution >= 4 is 11.8 Å². The van der Waals surface area contributed by atoms with Gasteiger partial charge in [-0.25, -0.2) is 0 Å². The third-order valence-electron chi connectivity index (χ3n) is 2.38. The highest BCUT2D eigenvalue weighted by Gasteiger charge is 1.99. The smallest absolute Gasteiger partial charge is 0.0366 e. The fourth-order valence-corrected chi connectivity index (χ4v) is 1.58. The van der Waals surface area contributed by atoms with E-state index in [4.69, 9.17) is 0 Å². The van der Waals surface area contributed by atoms with Crippen LogP contribution < -0.4 is 4.90 Å². The van der Waals surface area contributed by atoms with E-state index in [9.17, 15) is 0 Å². The van der Waals surface area contributed by atoms with Crippen LogP contribution in [0.1, 0.15) is 26.3 Å². The van der Waals surface area contributed by atoms with E-state index in [1.807, 2.05) is 6.92 Å². The van der Waals surface area contributed by atoms with Gasteiger partial charge in [0.2, 0.25) is 0 Å². The summed E-state index contributed by atoms with van der Waals surface area (Å²) >= 11 is 0. The Hall–Kier alpha value is -1.24. The lowest BCUT2D eigenvalue weighted by molar-refractivity contribution is 0.866. The van der Waals surface area contributed by atoms with Crippen molar-refractivity contribution in [3.8, 4) is 0 Å². The van der Waals surface area contributed by atoms with Crippen molar-refractivity contribution in [2.24, 2.45) is 0 Å². The number of hydrogen-bond donors (Lipinski definition) is 0. The Morgan fingerprint density at radius 1 is 1.07 bits per heavy atom. The summed E-state index contributed by atoms with van der Waals surface area (Å²) in [7, 11) is 0. The van der Waals surface area contributed by atoms with Crippen LogP contribution in [0.25, 0.3) is 6.08 Å². The lowest BCUT2D eigenvalue weighted by Crippen LogP contribution is -2.21. The fourth-order valence-electron chi connectivity index (χ4n) is 1.58. The van der Waals surface area contributed by atoms with Crippen molar-refractivity contribution in [2.75, 3.05) is 18.0 Å². The Morgan fingerprint density at radius 3 is 2.07 bits per heavy atom. The van der Waals surface area contributed by atoms with E-state index in [1.54, 1.807) is 0 Å². The minimum atomic E-state index is 1.07. The van der Waals surface area contributed by atoms with Gasteiger partial charge in [-0.1, -0.05) is 24.3 Å². The van der Waals surface area contributed by atoms with Gasteiger partial charge in [0, 0.05) is 18.8 Å². The normalized spacial score (nSPS) is 10.8. The zero-order valence-electron chi connectivity index (χ0n) is 9.33. The molecule has 0 atom stereocenters. The first-order valence-corrected chi connectivity index (χ1v) is 5.29. The van der Waals surface area contributed by atoms with Crippen molar-refractivity contribution < 1.29 is 0 Å². The van der Waals surface area contributed by atoms with Gasteiger partial charge in [0.25, 0.3) is 0 Å². The Labute approximate surface area is 87.1 Å². The minimum Gasteiger partial charge on any atom is -0.372 e. The molecule has 0 bridgehead atoms. The molecule has 76 valence electrons. The van der Waals surface area contributed by atoms with E-state index in [-0.39, 0.29) is 0 Å². The summed E-state index contributed by atoms with van der Waals surface area (Å²) in [6, 6.07) is 8.69. The van der Waals surface area contributed by atoms with Crippen LogP contribution in [-0.4, -0.2) is 13.1 Å². The van der Waals surface area contributed by atoms with Gasteiger partial charge in [0.05, 0.1) is 0 Å². The maximum absolute atomic E-state index is 2.35. The number of rotatable bonds is 4. The largest absolute Gasteiger partial charge is 0.372 e. The van der Waals surface area contributed by atoms with Crippen LogP contribution in [0.3, 0.4) is 0 Å². The molecule has 0 aliphatic heterocycles. The second-order valence-corrected chi connectivity index (χ2v) is 3.26. The van der Waals surface area contributed by atoms with Crippen molar-refractivity contribution in [2.45, 2.75) is 20.8 Å². The molecule has 1 rings (SSSR count). The van der Waals surface area contributed by atoms with E-state index in [2.05, 4.69) is 55.2 Å². The molecule has 0 amide bonds. The van der Waals surface area contributed by atoms with Crippen LogP contribution in [0.15, 0.2) is 30.3 Å². The van der Waals surface area contributed by atoms with Crippen LogP contribution in [-0.2, 0) is 0 Å². The molecule has 1 aromatic rings. The van der Waals surface area contributed by atoms with Gasteiger partial charge < -0.3 is 4.90 Å². The first-order valence-electron chi connectivity index (χ1n) is 5.29. The summed E-state index contributed by atoms with van der Waals surface area (Å²) in [5, 5.41) is 0. The fraction of sp³-hybridized carbons (Fsp3) is 0.385. The third kappa shape index (κ3) is 2.63. The first-order chi connectivity index (χ1) is 6.81. The zero-order valence-corrected chi connectivity index (χ0v) is 9.33. The first kappa shape index (κ1) is 10.8. The maximum Gasteiger partial charge on any atom is 0.0366 e. The Kier molecular flexibility index (Phi) is 4.24. The van der Waals surface area contributed by atoms with Crippen LogP contribution in [0, 0.1) is 0 Å². The van der Waals surface area contributed by atoms with Gasteiger partial charge in [0.1, 0.15) is 0 Å². The van der Waals surface area contributed by atoms with Crippen molar-refractivity contribution in [1.82, 2.24) is 0 Å². The molecular formula is C13H19N. The zero-order chi connectivity index (χ0) is 10.4. The van der Waals surface area contributed by atoms with Gasteiger partial charge in [-0.3, -0.25) is 0 Å². The molecule has 0 N–H and O–H groups in total.